The zero-order chi connectivity index (χ0) is 45.2. The Morgan fingerprint density at radius 1 is 1.11 bits per heavy atom. The molecule has 0 unspecified atom stereocenters. The first-order chi connectivity index (χ1) is 30.0. The number of pyridine rings is 1. The Labute approximate surface area is 371 Å². The topological polar surface area (TPSA) is 167 Å². The number of cyclic esters (lactones) is 1. The van der Waals surface area contributed by atoms with Gasteiger partial charge in [-0.2, -0.15) is 0 Å². The SMILES string of the molecule is CCn1c(-c2cnccc2COC)c2c3cc(ccc31)-c1cc(O)cc(c1)C[C@H](NC(=O)CC(C)(C)CN(C)C(=O)[C@@H]1NCC[C@@H]1C)C(=O)N1CCC[C@H](N1)C(=O)OCC(C)(C)C2. The molecule has 14 heteroatoms. The summed E-state index contributed by atoms with van der Waals surface area (Å²) in [4.78, 5) is 61.9. The van der Waals surface area contributed by atoms with Gasteiger partial charge in [-0.1, -0.05) is 46.8 Å². The van der Waals surface area contributed by atoms with Crippen LogP contribution in [0.1, 0.15) is 83.9 Å². The number of phenols is 1. The number of phenolic OH excluding ortho intramolecular Hbond substituents is 1. The molecule has 4 aromatic rings. The summed E-state index contributed by atoms with van der Waals surface area (Å²) in [5, 5.41) is 20.0. The number of aromatic nitrogens is 2. The van der Waals surface area contributed by atoms with Crippen LogP contribution in [0.5, 0.6) is 5.75 Å². The third kappa shape index (κ3) is 10.2. The van der Waals surface area contributed by atoms with E-state index in [1.54, 1.807) is 37.4 Å². The van der Waals surface area contributed by atoms with Crippen LogP contribution >= 0.6 is 0 Å². The monoisotopic (exact) mass is 863 g/mol. The van der Waals surface area contributed by atoms with Gasteiger partial charge in [-0.05, 0) is 109 Å². The molecular weight excluding hydrogens is 799 g/mol. The maximum absolute atomic E-state index is 14.5. The van der Waals surface area contributed by atoms with Gasteiger partial charge >= 0.3 is 5.97 Å². The van der Waals surface area contributed by atoms with Crippen LogP contribution in [0.25, 0.3) is 33.3 Å². The van der Waals surface area contributed by atoms with Gasteiger partial charge in [0.25, 0.3) is 5.91 Å². The second-order valence-electron chi connectivity index (χ2n) is 19.5. The lowest BCUT2D eigenvalue weighted by Crippen LogP contribution is -2.60. The van der Waals surface area contributed by atoms with Gasteiger partial charge in [0.1, 0.15) is 17.8 Å². The molecule has 0 saturated carbocycles. The molecule has 2 aromatic carbocycles. The van der Waals surface area contributed by atoms with Crippen LogP contribution in [0.2, 0.25) is 0 Å². The van der Waals surface area contributed by atoms with Crippen LogP contribution in [-0.2, 0) is 54.6 Å². The van der Waals surface area contributed by atoms with Gasteiger partial charge in [-0.15, -0.1) is 0 Å². The van der Waals surface area contributed by atoms with Crippen molar-refractivity contribution in [1.29, 1.82) is 0 Å². The van der Waals surface area contributed by atoms with Crippen molar-refractivity contribution in [3.05, 3.63) is 71.5 Å². The summed E-state index contributed by atoms with van der Waals surface area (Å²) in [6.45, 7) is 14.9. The second kappa shape index (κ2) is 18.8. The lowest BCUT2D eigenvalue weighted by molar-refractivity contribution is -0.155. The normalized spacial score (nSPS) is 21.8. The minimum absolute atomic E-state index is 0.00323. The smallest absolute Gasteiger partial charge is 0.324 e. The Morgan fingerprint density at radius 3 is 2.63 bits per heavy atom. The summed E-state index contributed by atoms with van der Waals surface area (Å²) in [6, 6.07) is 11.5. The Kier molecular flexibility index (Phi) is 13.6. The van der Waals surface area contributed by atoms with Gasteiger partial charge in [0.15, 0.2) is 0 Å². The van der Waals surface area contributed by atoms with E-state index in [1.165, 1.54) is 5.01 Å². The van der Waals surface area contributed by atoms with Crippen molar-refractivity contribution in [3.8, 4) is 28.1 Å². The predicted molar refractivity (Wildman–Crippen MR) is 242 cm³/mol. The number of hydrogen-bond acceptors (Lipinski definition) is 10. The number of aromatic hydroxyl groups is 1. The van der Waals surface area contributed by atoms with Gasteiger partial charge in [0, 0.05) is 80.9 Å². The summed E-state index contributed by atoms with van der Waals surface area (Å²) >= 11 is 0. The Hall–Kier alpha value is -5.31. The van der Waals surface area contributed by atoms with E-state index in [2.05, 4.69) is 65.4 Å². The molecule has 2 saturated heterocycles. The first-order valence-electron chi connectivity index (χ1n) is 22.4. The van der Waals surface area contributed by atoms with Gasteiger partial charge in [0.2, 0.25) is 11.8 Å². The number of methoxy groups -OCH3 is 1. The maximum atomic E-state index is 14.5. The zero-order valence-corrected chi connectivity index (χ0v) is 38.2. The maximum Gasteiger partial charge on any atom is 0.324 e. The van der Waals surface area contributed by atoms with Crippen LogP contribution in [-0.4, -0.2) is 107 Å². The van der Waals surface area contributed by atoms with Gasteiger partial charge in [0.05, 0.1) is 24.9 Å². The minimum Gasteiger partial charge on any atom is -0.508 e. The van der Waals surface area contributed by atoms with Gasteiger partial charge < -0.3 is 34.7 Å². The molecule has 338 valence electrons. The van der Waals surface area contributed by atoms with E-state index < -0.39 is 34.8 Å². The average Bonchev–Trinajstić information content (AvgIpc) is 3.80. The van der Waals surface area contributed by atoms with Crippen molar-refractivity contribution in [1.82, 2.24) is 35.5 Å². The van der Waals surface area contributed by atoms with Crippen molar-refractivity contribution in [2.24, 2.45) is 16.7 Å². The average molecular weight is 864 g/mol. The summed E-state index contributed by atoms with van der Waals surface area (Å²) in [6.07, 6.45) is 6.33. The minimum atomic E-state index is -1.04. The molecule has 0 spiro atoms. The number of benzene rings is 2. The van der Waals surface area contributed by atoms with Crippen LogP contribution in [0.3, 0.4) is 0 Å². The molecule has 5 heterocycles. The molecule has 0 aliphatic carbocycles. The molecule has 14 nitrogen and oxygen atoms in total. The molecule has 3 aliphatic rings. The van der Waals surface area contributed by atoms with E-state index >= 15 is 0 Å². The molecular formula is C49H65N7O7. The number of hydrogen-bond donors (Lipinski definition) is 4. The van der Waals surface area contributed by atoms with E-state index in [4.69, 9.17) is 9.47 Å². The van der Waals surface area contributed by atoms with Crippen molar-refractivity contribution in [2.75, 3.05) is 40.4 Å². The number of fused-ring (bicyclic) bond motifs is 6. The number of esters is 1. The molecule has 4 atom stereocenters. The first-order valence-corrected chi connectivity index (χ1v) is 22.4. The largest absolute Gasteiger partial charge is 0.508 e. The molecule has 3 aliphatic heterocycles. The summed E-state index contributed by atoms with van der Waals surface area (Å²) < 4.78 is 14.0. The van der Waals surface area contributed by atoms with Crippen molar-refractivity contribution in [2.45, 2.75) is 111 Å². The fraction of sp³-hybridized carbons (Fsp3) is 0.531. The number of nitrogens with one attached hydrogen (secondary N) is 3. The number of ether oxygens (including phenoxy) is 2. The highest BCUT2D eigenvalue weighted by molar-refractivity contribution is 5.95. The Balaban J connectivity index is 1.27. The molecule has 4 N–H and O–H groups in total. The van der Waals surface area contributed by atoms with Crippen molar-refractivity contribution >= 4 is 34.6 Å². The van der Waals surface area contributed by atoms with E-state index in [0.29, 0.717) is 51.1 Å². The highest BCUT2D eigenvalue weighted by atomic mass is 16.5. The first kappa shape index (κ1) is 45.7. The van der Waals surface area contributed by atoms with Gasteiger partial charge in [-0.3, -0.25) is 29.2 Å². The van der Waals surface area contributed by atoms with Crippen LogP contribution in [0.15, 0.2) is 54.9 Å². The highest BCUT2D eigenvalue weighted by Gasteiger charge is 2.37. The predicted octanol–water partition coefficient (Wildman–Crippen LogP) is 5.76. The fourth-order valence-corrected chi connectivity index (χ4v) is 9.79. The molecule has 6 bridgehead atoms. The molecule has 0 radical (unpaired) electrons. The number of hydrazine groups is 1. The van der Waals surface area contributed by atoms with Crippen LogP contribution in [0, 0.1) is 16.7 Å². The zero-order valence-electron chi connectivity index (χ0n) is 38.2. The van der Waals surface area contributed by atoms with E-state index in [9.17, 15) is 24.3 Å². The number of likely N-dealkylation sites (N-methyl/N-ethyl adjacent to an activating group) is 1. The second-order valence-corrected chi connectivity index (χ2v) is 19.5. The van der Waals surface area contributed by atoms with Crippen LogP contribution in [0.4, 0.5) is 0 Å². The number of amides is 3. The summed E-state index contributed by atoms with van der Waals surface area (Å²) in [7, 11) is 3.45. The highest BCUT2D eigenvalue weighted by Crippen LogP contribution is 2.41. The molecule has 2 fully saturated rings. The van der Waals surface area contributed by atoms with Crippen LogP contribution < -0.4 is 16.1 Å². The molecule has 7 rings (SSSR count). The third-order valence-electron chi connectivity index (χ3n) is 12.8. The van der Waals surface area contributed by atoms with Crippen molar-refractivity contribution < 1.29 is 33.8 Å². The summed E-state index contributed by atoms with van der Waals surface area (Å²) in [5.74, 6) is -0.935. The number of nitrogens with zero attached hydrogens (tertiary/aromatic N) is 4. The van der Waals surface area contributed by atoms with E-state index in [1.807, 2.05) is 38.2 Å². The van der Waals surface area contributed by atoms with Crippen molar-refractivity contribution in [3.63, 3.8) is 0 Å². The summed E-state index contributed by atoms with van der Waals surface area (Å²) in [5.41, 5.74) is 9.39. The number of aryl methyl sites for hydroxylation is 1. The number of rotatable bonds is 10. The third-order valence-corrected chi connectivity index (χ3v) is 12.8. The lowest BCUT2D eigenvalue weighted by atomic mass is 9.84. The Morgan fingerprint density at radius 2 is 1.90 bits per heavy atom. The van der Waals surface area contributed by atoms with E-state index in [0.717, 1.165) is 57.4 Å². The number of carbonyl (C=O) groups is 4. The lowest BCUT2D eigenvalue weighted by Gasteiger charge is -2.36. The standard InChI is InChI=1S/C49H65N7O7/c1-9-55-41-13-12-32-23-36(41)37(44(55)38-26-50-16-15-33(38)27-62-8)24-49(5,6)29-63-47(61)39-11-10-18-56(53-39)45(59)40(21-31-19-34(32)22-35(57)20-31)52-42(58)25-48(3,4)28-54(7)46(60)43-30(2)14-17-51-43/h12-13,15-16,19-20,22-23,26,30,39-40,43,51,53,57H,9-11,14,17-18,21,24-25,27-29H2,1-8H3,(H,52,58)/t30-,39-,40-,43+/m0/s1. The fourth-order valence-electron chi connectivity index (χ4n) is 9.79. The van der Waals surface area contributed by atoms with E-state index in [-0.39, 0.29) is 49.0 Å². The Bertz CT molecular complexity index is 2360. The number of carbonyl (C=O) groups excluding carboxylic acids is 4. The van der Waals surface area contributed by atoms with Gasteiger partial charge in [-0.25, -0.2) is 5.43 Å². The quantitative estimate of drug-likeness (QED) is 0.144. The molecule has 63 heavy (non-hydrogen) atoms. The molecule has 3 amide bonds. The molecule has 2 aromatic heterocycles.